The van der Waals surface area contributed by atoms with Crippen LogP contribution in [0.3, 0.4) is 0 Å². The monoisotopic (exact) mass is 545 g/mol. The molecule has 2 aromatic heterocycles. The molecule has 0 spiro atoms. The van der Waals surface area contributed by atoms with E-state index in [1.54, 1.807) is 16.8 Å². The molecule has 2 aromatic carbocycles. The molecule has 0 aliphatic rings. The average molecular weight is 546 g/mol. The number of amides is 3. The third kappa shape index (κ3) is 7.79. The molecule has 0 saturated heterocycles. The molecular weight excluding hydrogens is 510 g/mol. The van der Waals surface area contributed by atoms with Crippen molar-refractivity contribution in [3.8, 4) is 11.3 Å². The summed E-state index contributed by atoms with van der Waals surface area (Å²) in [5.74, 6) is -0.529. The Morgan fingerprint density at radius 1 is 1.10 bits per heavy atom. The molecule has 3 amide bonds. The largest absolute Gasteiger partial charge is 0.451 e. The van der Waals surface area contributed by atoms with Crippen molar-refractivity contribution in [3.05, 3.63) is 78.2 Å². The summed E-state index contributed by atoms with van der Waals surface area (Å²) in [4.78, 5) is 42.9. The van der Waals surface area contributed by atoms with Crippen LogP contribution in [0.1, 0.15) is 48.7 Å². The highest BCUT2D eigenvalue weighted by Gasteiger charge is 2.22. The first-order valence-electron chi connectivity index (χ1n) is 13.4. The maximum atomic E-state index is 13.0. The Bertz CT molecular complexity index is 1410. The molecule has 1 unspecified atom stereocenters. The maximum Gasteiger partial charge on any atom is 0.288 e. The van der Waals surface area contributed by atoms with Crippen molar-refractivity contribution >= 4 is 29.1 Å². The Morgan fingerprint density at radius 3 is 2.70 bits per heavy atom. The number of fused-ring (bicyclic) bond motifs is 1. The zero-order chi connectivity index (χ0) is 28.3. The Hall–Kier alpha value is -4.44. The van der Waals surface area contributed by atoms with Crippen molar-refractivity contribution in [3.63, 3.8) is 0 Å². The van der Waals surface area contributed by atoms with Crippen LogP contribution < -0.4 is 10.6 Å². The highest BCUT2D eigenvalue weighted by Crippen LogP contribution is 2.25. The number of hydrogen-bond acceptors (Lipinski definition) is 6. The second-order valence-electron chi connectivity index (χ2n) is 9.62. The molecule has 0 aliphatic heterocycles. The number of carbonyl (C=O) groups is 3. The number of hydroxylamine groups is 2. The summed E-state index contributed by atoms with van der Waals surface area (Å²) in [5, 5.41) is 12.0. The minimum Gasteiger partial charge on any atom is -0.451 e. The Morgan fingerprint density at radius 2 is 1.93 bits per heavy atom. The fraction of sp³-hybridized carbons (Fsp3) is 0.333. The van der Waals surface area contributed by atoms with Crippen LogP contribution in [-0.2, 0) is 28.1 Å². The number of benzene rings is 2. The fourth-order valence-corrected chi connectivity index (χ4v) is 4.37. The summed E-state index contributed by atoms with van der Waals surface area (Å²) < 4.78 is 7.51. The predicted octanol–water partition coefficient (Wildman–Crippen LogP) is 4.42. The number of carbonyl (C=O) groups excluding carboxylic acids is 3. The number of aryl methyl sites for hydroxylation is 1. The van der Waals surface area contributed by atoms with E-state index in [4.69, 9.17) is 9.25 Å². The number of nitrogens with one attached hydrogen (secondary N) is 2. The van der Waals surface area contributed by atoms with Crippen LogP contribution in [-0.4, -0.2) is 46.3 Å². The smallest absolute Gasteiger partial charge is 0.288 e. The molecule has 2 heterocycles. The summed E-state index contributed by atoms with van der Waals surface area (Å²) in [6.45, 7) is 2.34. The number of aromatic nitrogens is 2. The molecule has 0 saturated carbocycles. The van der Waals surface area contributed by atoms with Gasteiger partial charge in [0.15, 0.2) is 5.76 Å². The second-order valence-corrected chi connectivity index (χ2v) is 9.62. The molecule has 0 aliphatic carbocycles. The van der Waals surface area contributed by atoms with Crippen LogP contribution in [0.25, 0.3) is 22.2 Å². The van der Waals surface area contributed by atoms with Gasteiger partial charge < -0.3 is 15.1 Å². The van der Waals surface area contributed by atoms with Gasteiger partial charge in [-0.05, 0) is 30.2 Å². The van der Waals surface area contributed by atoms with Crippen LogP contribution in [0.15, 0.2) is 71.3 Å². The van der Waals surface area contributed by atoms with Gasteiger partial charge in [0.05, 0.1) is 24.6 Å². The molecule has 0 fully saturated rings. The average Bonchev–Trinajstić information content (AvgIpc) is 3.61. The lowest BCUT2D eigenvalue weighted by Crippen LogP contribution is -2.43. The van der Waals surface area contributed by atoms with Crippen LogP contribution in [0.5, 0.6) is 0 Å². The predicted molar refractivity (Wildman–Crippen MR) is 151 cm³/mol. The van der Waals surface area contributed by atoms with Crippen LogP contribution in [0.2, 0.25) is 0 Å². The molecule has 0 bridgehead atoms. The summed E-state index contributed by atoms with van der Waals surface area (Å²) in [7, 11) is 1.86. The second kappa shape index (κ2) is 14.1. The molecule has 10 heteroatoms. The SMILES string of the molecule is CCCCCC(CN(C=O)OCc1ccccc1)C(=O)NCNC(=O)c1ccc(-c2ccc3cn(C)nc3c2)o1. The van der Waals surface area contributed by atoms with E-state index in [1.165, 1.54) is 0 Å². The molecule has 1 atom stereocenters. The third-order valence-corrected chi connectivity index (χ3v) is 6.53. The molecule has 0 radical (unpaired) electrons. The van der Waals surface area contributed by atoms with Gasteiger partial charge in [-0.15, -0.1) is 0 Å². The lowest BCUT2D eigenvalue weighted by atomic mass is 10.0. The summed E-state index contributed by atoms with van der Waals surface area (Å²) >= 11 is 0. The topological polar surface area (TPSA) is 119 Å². The van der Waals surface area contributed by atoms with Gasteiger partial charge in [0, 0.05) is 24.2 Å². The van der Waals surface area contributed by atoms with E-state index < -0.39 is 11.8 Å². The minimum absolute atomic E-state index is 0.0795. The van der Waals surface area contributed by atoms with Gasteiger partial charge >= 0.3 is 0 Å². The van der Waals surface area contributed by atoms with E-state index in [9.17, 15) is 14.4 Å². The van der Waals surface area contributed by atoms with Gasteiger partial charge in [0.1, 0.15) is 12.4 Å². The lowest BCUT2D eigenvalue weighted by molar-refractivity contribution is -0.182. The van der Waals surface area contributed by atoms with E-state index in [1.807, 2.05) is 61.8 Å². The van der Waals surface area contributed by atoms with E-state index in [-0.39, 0.29) is 31.5 Å². The maximum absolute atomic E-state index is 13.0. The van der Waals surface area contributed by atoms with Gasteiger partial charge in [0.2, 0.25) is 12.3 Å². The molecule has 210 valence electrons. The molecule has 4 rings (SSSR count). The van der Waals surface area contributed by atoms with E-state index >= 15 is 0 Å². The molecule has 4 aromatic rings. The van der Waals surface area contributed by atoms with Crippen LogP contribution in [0, 0.1) is 5.92 Å². The highest BCUT2D eigenvalue weighted by atomic mass is 16.7. The summed E-state index contributed by atoms with van der Waals surface area (Å²) in [6.07, 6.45) is 5.93. The zero-order valence-corrected chi connectivity index (χ0v) is 22.8. The van der Waals surface area contributed by atoms with E-state index in [0.29, 0.717) is 18.6 Å². The first kappa shape index (κ1) is 28.6. The van der Waals surface area contributed by atoms with Crippen LogP contribution in [0.4, 0.5) is 0 Å². The van der Waals surface area contributed by atoms with E-state index in [2.05, 4.69) is 22.7 Å². The lowest BCUT2D eigenvalue weighted by Gasteiger charge is -2.23. The van der Waals surface area contributed by atoms with Gasteiger partial charge in [-0.25, -0.2) is 5.06 Å². The first-order chi connectivity index (χ1) is 19.5. The summed E-state index contributed by atoms with van der Waals surface area (Å²) in [5.41, 5.74) is 2.56. The van der Waals surface area contributed by atoms with Gasteiger partial charge in [-0.3, -0.25) is 23.9 Å². The quantitative estimate of drug-likeness (QED) is 0.0988. The standard InChI is InChI=1S/C30H35N5O5/c1-3-4-6-11-25(18-35(21-36)39-19-22-9-7-5-8-10-22)29(37)31-20-32-30(38)28-15-14-27(40-28)23-12-13-24-17-34(2)33-26(24)16-23/h5,7-10,12-17,21,25H,3-4,6,11,18-20H2,1-2H3,(H,31,37)(H,32,38). The third-order valence-electron chi connectivity index (χ3n) is 6.53. The molecular formula is C30H35N5O5. The van der Waals surface area contributed by atoms with Crippen molar-refractivity contribution < 1.29 is 23.6 Å². The van der Waals surface area contributed by atoms with Crippen molar-refractivity contribution in [2.75, 3.05) is 13.2 Å². The number of furan rings is 1. The normalized spacial score (nSPS) is 11.8. The van der Waals surface area contributed by atoms with Gasteiger partial charge in [-0.1, -0.05) is 68.7 Å². The van der Waals surface area contributed by atoms with Gasteiger partial charge in [-0.2, -0.15) is 5.10 Å². The van der Waals surface area contributed by atoms with Gasteiger partial charge in [0.25, 0.3) is 5.91 Å². The Labute approximate surface area is 233 Å². The number of unbranched alkanes of at least 4 members (excludes halogenated alkanes) is 2. The van der Waals surface area contributed by atoms with Crippen molar-refractivity contribution in [2.24, 2.45) is 13.0 Å². The van der Waals surface area contributed by atoms with Crippen LogP contribution >= 0.6 is 0 Å². The summed E-state index contributed by atoms with van der Waals surface area (Å²) in [6, 6.07) is 18.6. The minimum atomic E-state index is -0.485. The number of hydrogen-bond donors (Lipinski definition) is 2. The van der Waals surface area contributed by atoms with Crippen molar-refractivity contribution in [1.82, 2.24) is 25.5 Å². The number of nitrogens with zero attached hydrogens (tertiary/aromatic N) is 3. The van der Waals surface area contributed by atoms with Crippen molar-refractivity contribution in [1.29, 1.82) is 0 Å². The fourth-order valence-electron chi connectivity index (χ4n) is 4.37. The first-order valence-corrected chi connectivity index (χ1v) is 13.4. The molecule has 10 nitrogen and oxygen atoms in total. The Balaban J connectivity index is 1.30. The van der Waals surface area contributed by atoms with E-state index in [0.717, 1.165) is 46.4 Å². The molecule has 2 N–H and O–H groups in total. The Kier molecular flexibility index (Phi) is 10.1. The van der Waals surface area contributed by atoms with Crippen molar-refractivity contribution in [2.45, 2.75) is 39.2 Å². The zero-order valence-electron chi connectivity index (χ0n) is 22.8. The molecule has 40 heavy (non-hydrogen) atoms. The number of rotatable bonds is 15. The highest BCUT2D eigenvalue weighted by molar-refractivity contribution is 5.92.